The van der Waals surface area contributed by atoms with Crippen molar-refractivity contribution in [2.24, 2.45) is 14.1 Å². The Morgan fingerprint density at radius 1 is 1.02 bits per heavy atom. The molecule has 0 radical (unpaired) electrons. The van der Waals surface area contributed by atoms with E-state index >= 15 is 0 Å². The summed E-state index contributed by atoms with van der Waals surface area (Å²) in [5.74, 6) is -1.81. The number of aryl methyl sites for hydroxylation is 1. The second kappa shape index (κ2) is 14.0. The summed E-state index contributed by atoms with van der Waals surface area (Å²) in [7, 11) is 3.86. The third-order valence-corrected chi connectivity index (χ3v) is 9.05. The van der Waals surface area contributed by atoms with Gasteiger partial charge in [0, 0.05) is 50.0 Å². The number of alkyl halides is 3. The van der Waals surface area contributed by atoms with Gasteiger partial charge in [-0.3, -0.25) is 18.9 Å². The number of nitrogens with one attached hydrogen (secondary N) is 2. The first-order chi connectivity index (χ1) is 23.8. The number of halogens is 5. The highest BCUT2D eigenvalue weighted by Crippen LogP contribution is 2.42. The smallest absolute Gasteiger partial charge is 0.451 e. The van der Waals surface area contributed by atoms with E-state index in [1.807, 2.05) is 0 Å². The summed E-state index contributed by atoms with van der Waals surface area (Å²) in [6.07, 6.45) is -3.46. The lowest BCUT2D eigenvalue weighted by Gasteiger charge is -2.28. The lowest BCUT2D eigenvalue weighted by molar-refractivity contribution is -0.144. The molecule has 1 fully saturated rings. The molecule has 0 aliphatic carbocycles. The van der Waals surface area contributed by atoms with Gasteiger partial charge in [-0.05, 0) is 12.5 Å². The SMILES string of the molecule is COc1nc(-c2cccc(-c3cccc(Nc4nc(C(F)(F)F)nc5c4c(=O)n(C)c(=O)n5C)c3Cl)c2Cl)cnc1CN[C@@H]1CCOC[C@H]1O. The van der Waals surface area contributed by atoms with Crippen molar-refractivity contribution in [2.75, 3.05) is 25.6 Å². The van der Waals surface area contributed by atoms with Gasteiger partial charge >= 0.3 is 11.9 Å². The van der Waals surface area contributed by atoms with Crippen LogP contribution < -0.4 is 26.6 Å². The summed E-state index contributed by atoms with van der Waals surface area (Å²) in [5, 5.41) is 16.2. The Morgan fingerprint density at radius 3 is 2.42 bits per heavy atom. The van der Waals surface area contributed by atoms with Gasteiger partial charge in [0.05, 0.1) is 47.4 Å². The fraction of sp³-hybridized carbons (Fsp3) is 0.312. The number of aliphatic hydroxyl groups is 1. The Bertz CT molecular complexity index is 2230. The molecule has 0 unspecified atom stereocenters. The van der Waals surface area contributed by atoms with Gasteiger partial charge in [-0.25, -0.2) is 19.7 Å². The van der Waals surface area contributed by atoms with Crippen LogP contribution in [0.15, 0.2) is 52.2 Å². The molecule has 5 aromatic rings. The first kappa shape index (κ1) is 35.2. The van der Waals surface area contributed by atoms with Gasteiger partial charge in [0.1, 0.15) is 16.9 Å². The normalized spacial score (nSPS) is 16.5. The molecule has 0 bridgehead atoms. The summed E-state index contributed by atoms with van der Waals surface area (Å²) >= 11 is 13.8. The number of nitrogens with zero attached hydrogens (tertiary/aromatic N) is 6. The number of rotatable bonds is 8. The van der Waals surface area contributed by atoms with Crippen molar-refractivity contribution in [3.05, 3.63) is 85.0 Å². The molecule has 262 valence electrons. The molecule has 50 heavy (non-hydrogen) atoms. The van der Waals surface area contributed by atoms with Crippen molar-refractivity contribution in [1.82, 2.24) is 34.4 Å². The van der Waals surface area contributed by atoms with E-state index in [1.54, 1.807) is 30.3 Å². The molecule has 18 heteroatoms. The molecule has 0 saturated carbocycles. The molecule has 4 heterocycles. The van der Waals surface area contributed by atoms with Crippen molar-refractivity contribution in [1.29, 1.82) is 0 Å². The van der Waals surface area contributed by atoms with Gasteiger partial charge in [0.2, 0.25) is 11.7 Å². The molecular weight excluding hydrogens is 704 g/mol. The van der Waals surface area contributed by atoms with E-state index in [4.69, 9.17) is 32.7 Å². The molecule has 1 saturated heterocycles. The van der Waals surface area contributed by atoms with Crippen LogP contribution in [-0.4, -0.2) is 66.6 Å². The molecule has 3 aromatic heterocycles. The molecule has 6 rings (SSSR count). The maximum atomic E-state index is 13.8. The van der Waals surface area contributed by atoms with Crippen LogP contribution >= 0.6 is 23.2 Å². The van der Waals surface area contributed by atoms with Gasteiger partial charge in [-0.2, -0.15) is 13.2 Å². The van der Waals surface area contributed by atoms with Gasteiger partial charge in [-0.1, -0.05) is 53.5 Å². The maximum Gasteiger partial charge on any atom is 0.451 e. The topological polar surface area (TPSA) is 158 Å². The van der Waals surface area contributed by atoms with Crippen LogP contribution in [0.25, 0.3) is 33.4 Å². The summed E-state index contributed by atoms with van der Waals surface area (Å²) < 4.78 is 53.9. The minimum atomic E-state index is -4.99. The Kier molecular flexibility index (Phi) is 9.83. The van der Waals surface area contributed by atoms with Crippen LogP contribution in [0.3, 0.4) is 0 Å². The predicted octanol–water partition coefficient (Wildman–Crippen LogP) is 4.47. The van der Waals surface area contributed by atoms with Crippen molar-refractivity contribution in [2.45, 2.75) is 31.3 Å². The van der Waals surface area contributed by atoms with Gasteiger partial charge in [-0.15, -0.1) is 0 Å². The Labute approximate surface area is 291 Å². The third-order valence-electron chi connectivity index (χ3n) is 8.23. The summed E-state index contributed by atoms with van der Waals surface area (Å²) in [6, 6.07) is 9.72. The monoisotopic (exact) mass is 732 g/mol. The molecule has 13 nitrogen and oxygen atoms in total. The molecule has 3 N–H and O–H groups in total. The van der Waals surface area contributed by atoms with E-state index in [1.165, 1.54) is 33.5 Å². The number of aromatic nitrogens is 6. The highest BCUT2D eigenvalue weighted by molar-refractivity contribution is 6.39. The van der Waals surface area contributed by atoms with E-state index in [0.29, 0.717) is 41.1 Å². The zero-order chi connectivity index (χ0) is 35.9. The van der Waals surface area contributed by atoms with Crippen molar-refractivity contribution in [3.8, 4) is 28.3 Å². The average Bonchev–Trinajstić information content (AvgIpc) is 3.10. The Morgan fingerprint density at radius 2 is 1.72 bits per heavy atom. The largest absolute Gasteiger partial charge is 0.480 e. The zero-order valence-electron chi connectivity index (χ0n) is 26.7. The second-order valence-corrected chi connectivity index (χ2v) is 12.1. The minimum Gasteiger partial charge on any atom is -0.480 e. The second-order valence-electron chi connectivity index (χ2n) is 11.4. The van der Waals surface area contributed by atoms with E-state index in [2.05, 4.69) is 30.6 Å². The van der Waals surface area contributed by atoms with Crippen LogP contribution in [0.1, 0.15) is 17.9 Å². The first-order valence-corrected chi connectivity index (χ1v) is 15.8. The highest BCUT2D eigenvalue weighted by Gasteiger charge is 2.37. The number of fused-ring (bicyclic) bond motifs is 1. The van der Waals surface area contributed by atoms with Crippen LogP contribution in [0, 0.1) is 0 Å². The Hall–Kier alpha value is -4.61. The molecule has 1 aliphatic rings. The maximum absolute atomic E-state index is 13.8. The Balaban J connectivity index is 1.36. The molecule has 1 aliphatic heterocycles. The van der Waals surface area contributed by atoms with Crippen molar-refractivity contribution < 1.29 is 27.8 Å². The van der Waals surface area contributed by atoms with E-state index < -0.39 is 40.8 Å². The van der Waals surface area contributed by atoms with Crippen molar-refractivity contribution in [3.63, 3.8) is 0 Å². The van der Waals surface area contributed by atoms with E-state index in [0.717, 1.165) is 9.13 Å². The first-order valence-electron chi connectivity index (χ1n) is 15.1. The van der Waals surface area contributed by atoms with Gasteiger partial charge in [0.15, 0.2) is 5.65 Å². The quantitative estimate of drug-likeness (QED) is 0.207. The van der Waals surface area contributed by atoms with Gasteiger partial charge in [0.25, 0.3) is 5.56 Å². The van der Waals surface area contributed by atoms with E-state index in [9.17, 15) is 27.9 Å². The van der Waals surface area contributed by atoms with Crippen molar-refractivity contribution >= 4 is 45.7 Å². The number of anilines is 2. The van der Waals surface area contributed by atoms with Crippen LogP contribution in [0.2, 0.25) is 10.0 Å². The number of ether oxygens (including phenoxy) is 2. The number of hydrogen-bond acceptors (Lipinski definition) is 11. The van der Waals surface area contributed by atoms with Crippen LogP contribution in [-0.2, 0) is 31.6 Å². The summed E-state index contributed by atoms with van der Waals surface area (Å²) in [4.78, 5) is 41.9. The lowest BCUT2D eigenvalue weighted by Crippen LogP contribution is -2.46. The molecular formula is C32H29Cl2F3N8O5. The standard InChI is InChI=1S/C32H29Cl2F3N8O5/c1-44-27-23(29(47)45(2)31(44)48)26(42-30(43-27)32(35,36)37)40-19-9-5-7-16(25(19)34)15-6-4-8-17(24(15)33)20-12-39-21(28(41-20)49-3)13-38-18-10-11-50-14-22(18)46/h4-9,12,18,22,38,46H,10-11,13-14H2,1-3H3,(H,40,42,43)/t18-,22-/m1/s1. The van der Waals surface area contributed by atoms with Crippen LogP contribution in [0.4, 0.5) is 24.7 Å². The summed E-state index contributed by atoms with van der Waals surface area (Å²) in [5.41, 5.74) is 0.0825. The average molecular weight is 734 g/mol. The molecule has 2 aromatic carbocycles. The minimum absolute atomic E-state index is 0.0499. The predicted molar refractivity (Wildman–Crippen MR) is 180 cm³/mol. The zero-order valence-corrected chi connectivity index (χ0v) is 28.2. The number of hydrogen-bond donors (Lipinski definition) is 3. The van der Waals surface area contributed by atoms with E-state index in [-0.39, 0.29) is 46.2 Å². The molecule has 2 atom stereocenters. The molecule has 0 amide bonds. The molecule has 0 spiro atoms. The lowest BCUT2D eigenvalue weighted by atomic mass is 10.0. The number of benzene rings is 2. The summed E-state index contributed by atoms with van der Waals surface area (Å²) in [6.45, 7) is 1.07. The number of aliphatic hydroxyl groups excluding tert-OH is 1. The highest BCUT2D eigenvalue weighted by atomic mass is 35.5. The third kappa shape index (κ3) is 6.64. The fourth-order valence-corrected chi connectivity index (χ4v) is 6.18. The van der Waals surface area contributed by atoms with Crippen LogP contribution in [0.5, 0.6) is 5.88 Å². The van der Waals surface area contributed by atoms with Gasteiger partial charge < -0.3 is 25.2 Å². The number of methoxy groups -OCH3 is 1. The fourth-order valence-electron chi connectivity index (χ4n) is 5.58.